The third-order valence-electron chi connectivity index (χ3n) is 6.25. The zero-order chi connectivity index (χ0) is 27.7. The van der Waals surface area contributed by atoms with Gasteiger partial charge in [0.05, 0.1) is 28.7 Å². The normalized spacial score (nSPS) is 16.0. The molecule has 1 atom stereocenters. The largest absolute Gasteiger partial charge is 0.448 e. The van der Waals surface area contributed by atoms with Gasteiger partial charge in [0.15, 0.2) is 11.4 Å². The summed E-state index contributed by atoms with van der Waals surface area (Å²) in [5.41, 5.74) is 1.38. The number of rotatable bonds is 6. The second kappa shape index (κ2) is 10.9. The van der Waals surface area contributed by atoms with Crippen LogP contribution in [0, 0.1) is 0 Å². The minimum absolute atomic E-state index is 0.0383. The number of fused-ring (bicyclic) bond motifs is 1. The van der Waals surface area contributed by atoms with Crippen molar-refractivity contribution in [3.63, 3.8) is 0 Å². The molecule has 0 radical (unpaired) electrons. The number of aromatic amines is 1. The highest BCUT2D eigenvalue weighted by molar-refractivity contribution is 6.42. The first-order chi connectivity index (χ1) is 18.6. The second-order valence-corrected chi connectivity index (χ2v) is 11.3. The standard InChI is InChI=1S/C26H29Cl2N7O4/c1-26(2,3)39-25(37)34-8-4-5-16(12-34)23-31-17(14-38-23)13-35-21-20(11-30-35)32-24(33-22(21)36)29-10-15-6-7-18(27)19(28)9-15/h6-7,9,11,14,16H,4-5,8,10,12-13H2,1-3H3,(H2,29,32,33,36)/t16-/m0/s1. The van der Waals surface area contributed by atoms with Gasteiger partial charge in [0.1, 0.15) is 23.1 Å². The van der Waals surface area contributed by atoms with E-state index in [1.54, 1.807) is 28.0 Å². The molecular formula is C26H29Cl2N7O4. The molecule has 11 nitrogen and oxygen atoms in total. The molecule has 4 heterocycles. The molecule has 1 amide bonds. The third kappa shape index (κ3) is 6.36. The Kier molecular flexibility index (Phi) is 7.55. The predicted octanol–water partition coefficient (Wildman–Crippen LogP) is 5.19. The average molecular weight is 574 g/mol. The van der Waals surface area contributed by atoms with E-state index in [2.05, 4.69) is 25.4 Å². The van der Waals surface area contributed by atoms with E-state index in [4.69, 9.17) is 32.4 Å². The molecule has 2 N–H and O–H groups in total. The van der Waals surface area contributed by atoms with E-state index in [9.17, 15) is 9.59 Å². The van der Waals surface area contributed by atoms with Crippen molar-refractivity contribution in [1.29, 1.82) is 0 Å². The van der Waals surface area contributed by atoms with Gasteiger partial charge in [0, 0.05) is 19.6 Å². The average Bonchev–Trinajstić information content (AvgIpc) is 3.52. The molecule has 0 saturated carbocycles. The highest BCUT2D eigenvalue weighted by Gasteiger charge is 2.30. The van der Waals surface area contributed by atoms with E-state index in [0.29, 0.717) is 58.2 Å². The van der Waals surface area contributed by atoms with Gasteiger partial charge in [-0.25, -0.2) is 14.8 Å². The van der Waals surface area contributed by atoms with E-state index < -0.39 is 5.60 Å². The summed E-state index contributed by atoms with van der Waals surface area (Å²) in [5, 5.41) is 8.37. The molecule has 0 unspecified atom stereocenters. The molecule has 1 aliphatic rings. The smallest absolute Gasteiger partial charge is 0.410 e. The molecule has 0 aliphatic carbocycles. The summed E-state index contributed by atoms with van der Waals surface area (Å²) >= 11 is 12.0. The lowest BCUT2D eigenvalue weighted by Gasteiger charge is -2.32. The number of hydrogen-bond acceptors (Lipinski definition) is 8. The number of nitrogens with zero attached hydrogens (tertiary/aromatic N) is 5. The number of halogens is 2. The number of likely N-dealkylation sites (tertiary alicyclic amines) is 1. The Labute approximate surface area is 234 Å². The Morgan fingerprint density at radius 3 is 2.85 bits per heavy atom. The van der Waals surface area contributed by atoms with E-state index in [0.717, 1.165) is 18.4 Å². The molecule has 5 rings (SSSR count). The van der Waals surface area contributed by atoms with Gasteiger partial charge < -0.3 is 19.4 Å². The summed E-state index contributed by atoms with van der Waals surface area (Å²) in [7, 11) is 0. The molecule has 1 aliphatic heterocycles. The minimum atomic E-state index is -0.554. The van der Waals surface area contributed by atoms with Gasteiger partial charge in [-0.05, 0) is 51.3 Å². The topological polar surface area (TPSA) is 131 Å². The number of nitrogens with one attached hydrogen (secondary N) is 2. The first kappa shape index (κ1) is 27.0. The maximum atomic E-state index is 12.9. The summed E-state index contributed by atoms with van der Waals surface area (Å²) in [4.78, 5) is 39.0. The van der Waals surface area contributed by atoms with Crippen LogP contribution in [0.1, 0.15) is 56.7 Å². The quantitative estimate of drug-likeness (QED) is 0.322. The highest BCUT2D eigenvalue weighted by Crippen LogP contribution is 2.28. The number of ether oxygens (including phenoxy) is 1. The van der Waals surface area contributed by atoms with Crippen LogP contribution in [0.4, 0.5) is 10.7 Å². The summed E-state index contributed by atoms with van der Waals surface area (Å²) in [5.74, 6) is 0.827. The van der Waals surface area contributed by atoms with E-state index in [1.165, 1.54) is 6.20 Å². The van der Waals surface area contributed by atoms with Crippen LogP contribution in [-0.2, 0) is 17.8 Å². The SMILES string of the molecule is CC(C)(C)OC(=O)N1CCC[C@H](c2nc(Cn3ncc4nc(NCc5ccc(Cl)c(Cl)c5)[nH]c(=O)c43)co2)C1. The van der Waals surface area contributed by atoms with Crippen LogP contribution < -0.4 is 10.9 Å². The van der Waals surface area contributed by atoms with Gasteiger partial charge in [-0.2, -0.15) is 5.10 Å². The summed E-state index contributed by atoms with van der Waals surface area (Å²) in [6.45, 7) is 7.29. The lowest BCUT2D eigenvalue weighted by Crippen LogP contribution is -2.42. The number of carbonyl (C=O) groups excluding carboxylic acids is 1. The molecule has 13 heteroatoms. The molecule has 1 saturated heterocycles. The van der Waals surface area contributed by atoms with Crippen molar-refractivity contribution in [3.05, 3.63) is 68.2 Å². The number of benzene rings is 1. The van der Waals surface area contributed by atoms with Gasteiger partial charge in [-0.3, -0.25) is 14.5 Å². The highest BCUT2D eigenvalue weighted by atomic mass is 35.5. The number of anilines is 1. The molecule has 39 heavy (non-hydrogen) atoms. The van der Waals surface area contributed by atoms with Crippen LogP contribution in [0.15, 0.2) is 39.9 Å². The molecule has 1 aromatic carbocycles. The maximum Gasteiger partial charge on any atom is 0.410 e. The van der Waals surface area contributed by atoms with Gasteiger partial charge in [0.25, 0.3) is 5.56 Å². The number of piperidine rings is 1. The van der Waals surface area contributed by atoms with Crippen LogP contribution in [0.5, 0.6) is 0 Å². The fourth-order valence-corrected chi connectivity index (χ4v) is 4.77. The number of aromatic nitrogens is 5. The van der Waals surface area contributed by atoms with Crippen LogP contribution >= 0.6 is 23.2 Å². The lowest BCUT2D eigenvalue weighted by atomic mass is 9.98. The first-order valence-corrected chi connectivity index (χ1v) is 13.4. The Hall–Kier alpha value is -3.57. The van der Waals surface area contributed by atoms with Gasteiger partial charge in [-0.15, -0.1) is 0 Å². The zero-order valence-corrected chi connectivity index (χ0v) is 23.3. The Balaban J connectivity index is 1.26. The van der Waals surface area contributed by atoms with Gasteiger partial charge in [-0.1, -0.05) is 29.3 Å². The second-order valence-electron chi connectivity index (χ2n) is 10.5. The Morgan fingerprint density at radius 1 is 1.26 bits per heavy atom. The van der Waals surface area contributed by atoms with Crippen molar-refractivity contribution in [3.8, 4) is 0 Å². The van der Waals surface area contributed by atoms with Gasteiger partial charge in [0.2, 0.25) is 5.95 Å². The zero-order valence-electron chi connectivity index (χ0n) is 21.8. The van der Waals surface area contributed by atoms with Crippen LogP contribution in [0.3, 0.4) is 0 Å². The van der Waals surface area contributed by atoms with Crippen molar-refractivity contribution in [2.45, 2.75) is 58.2 Å². The molecule has 206 valence electrons. The number of H-pyrrole nitrogens is 1. The van der Waals surface area contributed by atoms with E-state index in [-0.39, 0.29) is 24.1 Å². The fourth-order valence-electron chi connectivity index (χ4n) is 4.45. The van der Waals surface area contributed by atoms with Crippen LogP contribution in [0.2, 0.25) is 10.0 Å². The van der Waals surface area contributed by atoms with Crippen molar-refractivity contribution in [2.24, 2.45) is 0 Å². The number of hydrogen-bond donors (Lipinski definition) is 2. The maximum absolute atomic E-state index is 12.9. The first-order valence-electron chi connectivity index (χ1n) is 12.6. The molecule has 0 spiro atoms. The summed E-state index contributed by atoms with van der Waals surface area (Å²) in [6.07, 6.45) is 4.44. The minimum Gasteiger partial charge on any atom is -0.448 e. The molecule has 0 bridgehead atoms. The monoisotopic (exact) mass is 573 g/mol. The lowest BCUT2D eigenvalue weighted by molar-refractivity contribution is 0.0190. The molecule has 4 aromatic rings. The molecular weight excluding hydrogens is 545 g/mol. The van der Waals surface area contributed by atoms with Gasteiger partial charge >= 0.3 is 6.09 Å². The predicted molar refractivity (Wildman–Crippen MR) is 147 cm³/mol. The number of amides is 1. The number of carbonyl (C=O) groups is 1. The van der Waals surface area contributed by atoms with Crippen LogP contribution in [-0.4, -0.2) is 54.4 Å². The van der Waals surface area contributed by atoms with Crippen molar-refractivity contribution in [2.75, 3.05) is 18.4 Å². The third-order valence-corrected chi connectivity index (χ3v) is 6.99. The van der Waals surface area contributed by atoms with E-state index >= 15 is 0 Å². The van der Waals surface area contributed by atoms with Crippen LogP contribution in [0.25, 0.3) is 11.0 Å². The number of oxazole rings is 1. The molecule has 1 fully saturated rings. The molecule has 3 aromatic heterocycles. The Morgan fingerprint density at radius 2 is 2.08 bits per heavy atom. The van der Waals surface area contributed by atoms with E-state index in [1.807, 2.05) is 26.8 Å². The van der Waals surface area contributed by atoms with Crippen molar-refractivity contribution in [1.82, 2.24) is 29.6 Å². The fraction of sp³-hybridized carbons (Fsp3) is 0.423. The Bertz CT molecular complexity index is 1560. The summed E-state index contributed by atoms with van der Waals surface area (Å²) in [6, 6.07) is 5.30. The summed E-state index contributed by atoms with van der Waals surface area (Å²) < 4.78 is 12.8. The van der Waals surface area contributed by atoms with Crippen molar-refractivity contribution < 1.29 is 13.9 Å². The van der Waals surface area contributed by atoms with Crippen molar-refractivity contribution >= 4 is 46.3 Å².